The predicted octanol–water partition coefficient (Wildman–Crippen LogP) is 9.22. The molecule has 0 atom stereocenters. The molecule has 0 aliphatic carbocycles. The van der Waals surface area contributed by atoms with Crippen molar-refractivity contribution in [3.63, 3.8) is 0 Å². The van der Waals surface area contributed by atoms with Gasteiger partial charge in [0.15, 0.2) is 0 Å². The van der Waals surface area contributed by atoms with Crippen LogP contribution in [0.4, 0.5) is 0 Å². The summed E-state index contributed by atoms with van der Waals surface area (Å²) in [5.74, 6) is 0. The summed E-state index contributed by atoms with van der Waals surface area (Å²) in [6.07, 6.45) is 21.3. The van der Waals surface area contributed by atoms with Gasteiger partial charge in [0, 0.05) is 6.61 Å². The van der Waals surface area contributed by atoms with Crippen molar-refractivity contribution >= 4 is 7.82 Å². The highest BCUT2D eigenvalue weighted by Gasteiger charge is 2.26. The zero-order valence-corrected chi connectivity index (χ0v) is 23.0. The summed E-state index contributed by atoms with van der Waals surface area (Å²) < 4.78 is 29.9. The maximum Gasteiger partial charge on any atom is 0.474 e. The second-order valence-electron chi connectivity index (χ2n) is 8.57. The first kappa shape index (κ1) is 34.2. The summed E-state index contributed by atoms with van der Waals surface area (Å²) >= 11 is 0. The van der Waals surface area contributed by atoms with E-state index in [9.17, 15) is 4.57 Å². The van der Waals surface area contributed by atoms with E-state index in [-0.39, 0.29) is 6.61 Å². The lowest BCUT2D eigenvalue weighted by Crippen LogP contribution is -2.04. The van der Waals surface area contributed by atoms with Gasteiger partial charge in [-0.1, -0.05) is 117 Å². The summed E-state index contributed by atoms with van der Waals surface area (Å²) in [4.78, 5) is 0. The molecule has 0 saturated carbocycles. The van der Waals surface area contributed by atoms with Gasteiger partial charge in [-0.05, 0) is 26.2 Å². The third-order valence-corrected chi connectivity index (χ3v) is 6.74. The second-order valence-corrected chi connectivity index (χ2v) is 10.2. The van der Waals surface area contributed by atoms with E-state index >= 15 is 0 Å². The number of hydrogen-bond acceptors (Lipinski definition) is 5. The zero-order chi connectivity index (χ0) is 24.2. The van der Waals surface area contributed by atoms with Crippen molar-refractivity contribution < 1.29 is 23.2 Å². The largest absolute Gasteiger partial charge is 0.474 e. The molecule has 0 aliphatic heterocycles. The van der Waals surface area contributed by atoms with E-state index in [4.69, 9.17) is 18.7 Å². The Bertz CT molecular complexity index is 327. The highest BCUT2D eigenvalue weighted by atomic mass is 31.2. The number of phosphoric acid groups is 1. The lowest BCUT2D eigenvalue weighted by molar-refractivity contribution is 0.108. The SMILES string of the molecule is CCCCCCCCOP(=O)(OCCCCCCCC)OCCCCCCCC.CCO. The fourth-order valence-corrected chi connectivity index (χ4v) is 4.57. The van der Waals surface area contributed by atoms with Crippen molar-refractivity contribution in [1.29, 1.82) is 0 Å². The van der Waals surface area contributed by atoms with E-state index in [0.29, 0.717) is 19.8 Å². The molecule has 0 bridgehead atoms. The second kappa shape index (κ2) is 29.1. The average Bonchev–Trinajstić information content (AvgIpc) is 2.78. The van der Waals surface area contributed by atoms with Crippen LogP contribution in [-0.2, 0) is 18.1 Å². The van der Waals surface area contributed by atoms with Crippen LogP contribution < -0.4 is 0 Å². The Balaban J connectivity index is 0. The Labute approximate surface area is 201 Å². The number of aliphatic hydroxyl groups excluding tert-OH is 1. The van der Waals surface area contributed by atoms with Crippen LogP contribution in [0, 0.1) is 0 Å². The summed E-state index contributed by atoms with van der Waals surface area (Å²) in [6.45, 7) is 10.0. The van der Waals surface area contributed by atoms with Gasteiger partial charge in [-0.15, -0.1) is 0 Å². The summed E-state index contributed by atoms with van der Waals surface area (Å²) in [5, 5.41) is 7.57. The fraction of sp³-hybridized carbons (Fsp3) is 1.00. The van der Waals surface area contributed by atoms with Gasteiger partial charge in [0.1, 0.15) is 0 Å². The van der Waals surface area contributed by atoms with Gasteiger partial charge in [0.05, 0.1) is 19.8 Å². The molecule has 0 aliphatic rings. The molecule has 0 saturated heterocycles. The van der Waals surface area contributed by atoms with E-state index in [1.165, 1.54) is 77.0 Å². The molecule has 0 aromatic carbocycles. The molecule has 0 spiro atoms. The van der Waals surface area contributed by atoms with Gasteiger partial charge in [-0.2, -0.15) is 0 Å². The number of hydrogen-bond donors (Lipinski definition) is 1. The summed E-state index contributed by atoms with van der Waals surface area (Å²) in [7, 11) is -3.40. The number of phosphoric ester groups is 1. The summed E-state index contributed by atoms with van der Waals surface area (Å²) in [6, 6.07) is 0. The Morgan fingerprint density at radius 2 is 0.688 bits per heavy atom. The minimum Gasteiger partial charge on any atom is -0.397 e. The molecular formula is C26H57O5P. The van der Waals surface area contributed by atoms with E-state index < -0.39 is 7.82 Å². The summed E-state index contributed by atoms with van der Waals surface area (Å²) in [5.41, 5.74) is 0. The van der Waals surface area contributed by atoms with Crippen LogP contribution in [0.3, 0.4) is 0 Å². The van der Waals surface area contributed by atoms with E-state index in [0.717, 1.165) is 38.5 Å². The first-order valence-electron chi connectivity index (χ1n) is 13.7. The third-order valence-electron chi connectivity index (χ3n) is 5.24. The molecular weight excluding hydrogens is 423 g/mol. The standard InChI is InChI=1S/C24H51O4P.C2H6O/c1-4-7-10-13-16-19-22-26-29(25,27-23-20-17-14-11-8-5-2)28-24-21-18-15-12-9-6-3;1-2-3/h4-24H2,1-3H3;3H,2H2,1H3. The molecule has 0 unspecified atom stereocenters. The zero-order valence-electron chi connectivity index (χ0n) is 22.1. The third kappa shape index (κ3) is 28.1. The Morgan fingerprint density at radius 1 is 0.469 bits per heavy atom. The van der Waals surface area contributed by atoms with E-state index in [1.54, 1.807) is 6.92 Å². The number of unbranched alkanes of at least 4 members (excludes halogenated alkanes) is 15. The highest BCUT2D eigenvalue weighted by molar-refractivity contribution is 7.48. The topological polar surface area (TPSA) is 65.0 Å². The predicted molar refractivity (Wildman–Crippen MR) is 138 cm³/mol. The molecule has 0 rings (SSSR count). The first-order valence-corrected chi connectivity index (χ1v) is 15.2. The maximum absolute atomic E-state index is 13.0. The Morgan fingerprint density at radius 3 is 0.938 bits per heavy atom. The smallest absolute Gasteiger partial charge is 0.397 e. The van der Waals surface area contributed by atoms with Crippen LogP contribution in [0.2, 0.25) is 0 Å². The number of rotatable bonds is 24. The molecule has 32 heavy (non-hydrogen) atoms. The Hall–Kier alpha value is 0.0700. The van der Waals surface area contributed by atoms with E-state index in [1.807, 2.05) is 0 Å². The molecule has 196 valence electrons. The van der Waals surface area contributed by atoms with Crippen LogP contribution in [-0.4, -0.2) is 31.5 Å². The monoisotopic (exact) mass is 480 g/mol. The van der Waals surface area contributed by atoms with Crippen LogP contribution >= 0.6 is 7.82 Å². The molecule has 0 amide bonds. The van der Waals surface area contributed by atoms with Crippen molar-refractivity contribution in [2.45, 2.75) is 143 Å². The van der Waals surface area contributed by atoms with Gasteiger partial charge in [-0.25, -0.2) is 4.57 Å². The molecule has 0 aromatic heterocycles. The van der Waals surface area contributed by atoms with Gasteiger partial charge < -0.3 is 5.11 Å². The van der Waals surface area contributed by atoms with E-state index in [2.05, 4.69) is 20.8 Å². The molecule has 0 radical (unpaired) electrons. The molecule has 6 heteroatoms. The lowest BCUT2D eigenvalue weighted by Gasteiger charge is -2.18. The van der Waals surface area contributed by atoms with Gasteiger partial charge >= 0.3 is 7.82 Å². The molecule has 1 N–H and O–H groups in total. The average molecular weight is 481 g/mol. The quantitative estimate of drug-likeness (QED) is 0.110. The van der Waals surface area contributed by atoms with Crippen molar-refractivity contribution in [3.8, 4) is 0 Å². The van der Waals surface area contributed by atoms with Gasteiger partial charge in [-0.3, -0.25) is 13.6 Å². The van der Waals surface area contributed by atoms with Crippen molar-refractivity contribution in [3.05, 3.63) is 0 Å². The Kier molecular flexibility index (Phi) is 31.1. The van der Waals surface area contributed by atoms with Crippen LogP contribution in [0.25, 0.3) is 0 Å². The van der Waals surface area contributed by atoms with Crippen LogP contribution in [0.5, 0.6) is 0 Å². The maximum atomic E-state index is 13.0. The molecule has 5 nitrogen and oxygen atoms in total. The molecule has 0 aromatic rings. The first-order chi connectivity index (χ1) is 15.6. The highest BCUT2D eigenvalue weighted by Crippen LogP contribution is 2.50. The fourth-order valence-electron chi connectivity index (χ4n) is 3.29. The minimum atomic E-state index is -3.40. The van der Waals surface area contributed by atoms with Crippen LogP contribution in [0.1, 0.15) is 143 Å². The van der Waals surface area contributed by atoms with Gasteiger partial charge in [0.25, 0.3) is 0 Å². The van der Waals surface area contributed by atoms with Crippen LogP contribution in [0.15, 0.2) is 0 Å². The van der Waals surface area contributed by atoms with Crippen molar-refractivity contribution in [2.75, 3.05) is 26.4 Å². The molecule has 0 heterocycles. The molecule has 0 fully saturated rings. The van der Waals surface area contributed by atoms with Crippen molar-refractivity contribution in [1.82, 2.24) is 0 Å². The lowest BCUT2D eigenvalue weighted by atomic mass is 10.1. The van der Waals surface area contributed by atoms with Crippen molar-refractivity contribution in [2.24, 2.45) is 0 Å². The normalized spacial score (nSPS) is 11.4. The number of aliphatic hydroxyl groups is 1. The minimum absolute atomic E-state index is 0.250. The van der Waals surface area contributed by atoms with Gasteiger partial charge in [0.2, 0.25) is 0 Å².